The van der Waals surface area contributed by atoms with E-state index in [9.17, 15) is 4.79 Å². The van der Waals surface area contributed by atoms with Crippen molar-refractivity contribution in [2.75, 3.05) is 32.2 Å². The van der Waals surface area contributed by atoms with Crippen LogP contribution in [0.4, 0.5) is 5.69 Å². The van der Waals surface area contributed by atoms with Gasteiger partial charge in [-0.3, -0.25) is 4.79 Å². The van der Waals surface area contributed by atoms with E-state index in [0.29, 0.717) is 31.4 Å². The van der Waals surface area contributed by atoms with Crippen LogP contribution < -0.4 is 10.1 Å². The van der Waals surface area contributed by atoms with Gasteiger partial charge in [0.25, 0.3) is 5.91 Å². The van der Waals surface area contributed by atoms with E-state index in [4.69, 9.17) is 14.2 Å². The summed E-state index contributed by atoms with van der Waals surface area (Å²) < 4.78 is 16.4. The van der Waals surface area contributed by atoms with Crippen LogP contribution in [-0.4, -0.2) is 43.4 Å². The van der Waals surface area contributed by atoms with E-state index in [-0.39, 0.29) is 5.91 Å². The van der Waals surface area contributed by atoms with Crippen LogP contribution in [-0.2, 0) is 14.3 Å². The average molecular weight is 350 g/mol. The van der Waals surface area contributed by atoms with Crippen molar-refractivity contribution in [3.63, 3.8) is 0 Å². The number of pyridine rings is 1. The van der Waals surface area contributed by atoms with Gasteiger partial charge in [-0.25, -0.2) is 4.98 Å². The van der Waals surface area contributed by atoms with Gasteiger partial charge in [0.05, 0.1) is 18.5 Å². The molecule has 0 radical (unpaired) electrons. The minimum Gasteiger partial charge on any atom is -0.475 e. The van der Waals surface area contributed by atoms with Crippen LogP contribution in [0.1, 0.15) is 51.9 Å². The van der Waals surface area contributed by atoms with Crippen LogP contribution in [0.25, 0.3) is 0 Å². The first-order valence-electron chi connectivity index (χ1n) is 9.23. The number of hydrogen-bond donors (Lipinski definition) is 1. The summed E-state index contributed by atoms with van der Waals surface area (Å²) in [5.74, 6) is 0.458. The highest BCUT2D eigenvalue weighted by molar-refractivity contribution is 5.97. The highest BCUT2D eigenvalue weighted by Crippen LogP contribution is 2.32. The number of methoxy groups -OCH3 is 1. The minimum atomic E-state index is -0.708. The number of aromatic nitrogens is 1. The molecule has 25 heavy (non-hydrogen) atoms. The Labute approximate surface area is 150 Å². The number of carbonyl (C=O) groups excluding carboxylic acids is 1. The van der Waals surface area contributed by atoms with Crippen molar-refractivity contribution in [3.05, 3.63) is 18.3 Å². The fourth-order valence-corrected chi connectivity index (χ4v) is 3.05. The number of nitrogens with one attached hydrogen (secondary N) is 1. The van der Waals surface area contributed by atoms with Gasteiger partial charge in [-0.1, -0.05) is 32.6 Å². The molecular weight excluding hydrogens is 320 g/mol. The van der Waals surface area contributed by atoms with Crippen molar-refractivity contribution in [1.82, 2.24) is 4.98 Å². The van der Waals surface area contributed by atoms with E-state index < -0.39 is 5.60 Å². The Morgan fingerprint density at radius 1 is 1.16 bits per heavy atom. The SMILES string of the molecule is CCCOC1(C(=O)Nc2ccc(OCCOC)nc2)CCCCCC1. The van der Waals surface area contributed by atoms with Gasteiger partial charge in [0.1, 0.15) is 12.2 Å². The smallest absolute Gasteiger partial charge is 0.256 e. The molecule has 0 atom stereocenters. The second-order valence-corrected chi connectivity index (χ2v) is 6.44. The van der Waals surface area contributed by atoms with E-state index in [1.165, 1.54) is 12.8 Å². The highest BCUT2D eigenvalue weighted by Gasteiger charge is 2.39. The molecule has 1 amide bonds. The number of ether oxygens (including phenoxy) is 3. The van der Waals surface area contributed by atoms with Crippen molar-refractivity contribution in [3.8, 4) is 5.88 Å². The second kappa shape index (κ2) is 10.4. The minimum absolute atomic E-state index is 0.0577. The molecule has 0 unspecified atom stereocenters. The predicted octanol–water partition coefficient (Wildman–Crippen LogP) is 3.56. The van der Waals surface area contributed by atoms with Gasteiger partial charge in [-0.2, -0.15) is 0 Å². The lowest BCUT2D eigenvalue weighted by molar-refractivity contribution is -0.143. The van der Waals surface area contributed by atoms with Gasteiger partial charge in [-0.05, 0) is 25.3 Å². The molecular formula is C19H30N2O4. The molecule has 6 heteroatoms. The molecule has 1 aromatic rings. The van der Waals surface area contributed by atoms with Gasteiger partial charge in [-0.15, -0.1) is 0 Å². The van der Waals surface area contributed by atoms with E-state index in [1.54, 1.807) is 25.4 Å². The molecule has 1 aliphatic carbocycles. The van der Waals surface area contributed by atoms with Gasteiger partial charge in [0.15, 0.2) is 0 Å². The van der Waals surface area contributed by atoms with Crippen molar-refractivity contribution in [1.29, 1.82) is 0 Å². The Morgan fingerprint density at radius 3 is 2.52 bits per heavy atom. The molecule has 0 bridgehead atoms. The Hall–Kier alpha value is -1.66. The van der Waals surface area contributed by atoms with E-state index in [0.717, 1.165) is 32.1 Å². The quantitative estimate of drug-likeness (QED) is 0.545. The first kappa shape index (κ1) is 19.7. The molecule has 140 valence electrons. The molecule has 0 spiro atoms. The largest absolute Gasteiger partial charge is 0.475 e. The first-order valence-corrected chi connectivity index (χ1v) is 9.23. The summed E-state index contributed by atoms with van der Waals surface area (Å²) in [6.07, 6.45) is 8.48. The topological polar surface area (TPSA) is 69.7 Å². The summed E-state index contributed by atoms with van der Waals surface area (Å²) in [4.78, 5) is 17.2. The van der Waals surface area contributed by atoms with Crippen molar-refractivity contribution in [2.24, 2.45) is 0 Å². The van der Waals surface area contributed by atoms with Gasteiger partial charge in [0.2, 0.25) is 5.88 Å². The monoisotopic (exact) mass is 350 g/mol. The maximum Gasteiger partial charge on any atom is 0.256 e. The average Bonchev–Trinajstić information content (AvgIpc) is 2.88. The summed E-state index contributed by atoms with van der Waals surface area (Å²) in [5, 5.41) is 2.98. The summed E-state index contributed by atoms with van der Waals surface area (Å²) in [5.41, 5.74) is -0.0482. The Kier molecular flexibility index (Phi) is 8.15. The molecule has 6 nitrogen and oxygen atoms in total. The first-order chi connectivity index (χ1) is 12.2. The molecule has 1 fully saturated rings. The Bertz CT molecular complexity index is 511. The number of carbonyl (C=O) groups is 1. The molecule has 0 aliphatic heterocycles. The van der Waals surface area contributed by atoms with Crippen LogP contribution in [0, 0.1) is 0 Å². The lowest BCUT2D eigenvalue weighted by Crippen LogP contribution is -2.45. The Morgan fingerprint density at radius 2 is 1.92 bits per heavy atom. The Balaban J connectivity index is 1.99. The summed E-state index contributed by atoms with van der Waals surface area (Å²) in [7, 11) is 1.62. The lowest BCUT2D eigenvalue weighted by Gasteiger charge is -2.31. The maximum atomic E-state index is 12.9. The second-order valence-electron chi connectivity index (χ2n) is 6.44. The number of hydrogen-bond acceptors (Lipinski definition) is 5. The fourth-order valence-electron chi connectivity index (χ4n) is 3.05. The normalized spacial score (nSPS) is 16.9. The molecule has 2 rings (SSSR count). The predicted molar refractivity (Wildman–Crippen MR) is 96.9 cm³/mol. The summed E-state index contributed by atoms with van der Waals surface area (Å²) >= 11 is 0. The van der Waals surface area contributed by atoms with Crippen LogP contribution in [0.3, 0.4) is 0 Å². The number of rotatable bonds is 9. The van der Waals surface area contributed by atoms with Gasteiger partial charge < -0.3 is 19.5 Å². The van der Waals surface area contributed by atoms with Crippen LogP contribution >= 0.6 is 0 Å². The molecule has 1 heterocycles. The van der Waals surface area contributed by atoms with Gasteiger partial charge >= 0.3 is 0 Å². The zero-order valence-electron chi connectivity index (χ0n) is 15.4. The van der Waals surface area contributed by atoms with E-state index in [2.05, 4.69) is 17.2 Å². The third kappa shape index (κ3) is 5.97. The van der Waals surface area contributed by atoms with Crippen molar-refractivity contribution in [2.45, 2.75) is 57.5 Å². The molecule has 1 saturated carbocycles. The molecule has 0 aromatic carbocycles. The van der Waals surface area contributed by atoms with Crippen molar-refractivity contribution >= 4 is 11.6 Å². The number of anilines is 1. The fraction of sp³-hybridized carbons (Fsp3) is 0.684. The van der Waals surface area contributed by atoms with Crippen LogP contribution in [0.15, 0.2) is 18.3 Å². The van der Waals surface area contributed by atoms with Gasteiger partial charge in [0, 0.05) is 19.8 Å². The number of nitrogens with zero attached hydrogens (tertiary/aromatic N) is 1. The number of amides is 1. The molecule has 1 N–H and O–H groups in total. The molecule has 1 aliphatic rings. The van der Waals surface area contributed by atoms with Crippen molar-refractivity contribution < 1.29 is 19.0 Å². The lowest BCUT2D eigenvalue weighted by atomic mass is 9.92. The molecule has 1 aromatic heterocycles. The van der Waals surface area contributed by atoms with E-state index in [1.807, 2.05) is 0 Å². The standard InChI is InChI=1S/C19H30N2O4/c1-3-12-25-19(10-6-4-5-7-11-19)18(22)21-16-8-9-17(20-15-16)24-14-13-23-2/h8-9,15H,3-7,10-14H2,1-2H3,(H,21,22). The zero-order valence-corrected chi connectivity index (χ0v) is 15.4. The third-order valence-corrected chi connectivity index (χ3v) is 4.44. The highest BCUT2D eigenvalue weighted by atomic mass is 16.5. The van der Waals surface area contributed by atoms with E-state index >= 15 is 0 Å². The van der Waals surface area contributed by atoms with Crippen LogP contribution in [0.5, 0.6) is 5.88 Å². The zero-order chi connectivity index (χ0) is 18.0. The maximum absolute atomic E-state index is 12.9. The molecule has 0 saturated heterocycles. The van der Waals surface area contributed by atoms with Crippen LogP contribution in [0.2, 0.25) is 0 Å². The summed E-state index contributed by atoms with van der Waals surface area (Å²) in [6, 6.07) is 3.55. The summed E-state index contributed by atoms with van der Waals surface area (Å²) in [6.45, 7) is 3.63. The third-order valence-electron chi connectivity index (χ3n) is 4.44.